The Balaban J connectivity index is 2.59. The summed E-state index contributed by atoms with van der Waals surface area (Å²) in [4.78, 5) is 21.9. The molecule has 1 atom stereocenters. The van der Waals surface area contributed by atoms with Gasteiger partial charge in [-0.3, -0.25) is 9.59 Å². The van der Waals surface area contributed by atoms with Crippen LogP contribution in [0.3, 0.4) is 0 Å². The second-order valence-electron chi connectivity index (χ2n) is 3.46. The molecule has 4 nitrogen and oxygen atoms in total. The fourth-order valence-electron chi connectivity index (χ4n) is 1.11. The van der Waals surface area contributed by atoms with Gasteiger partial charge in [0.25, 0.3) is 0 Å². The van der Waals surface area contributed by atoms with Crippen molar-refractivity contribution in [1.82, 2.24) is 5.32 Å². The van der Waals surface area contributed by atoms with Crippen LogP contribution in [-0.2, 0) is 9.59 Å². The first-order valence-electron chi connectivity index (χ1n) is 4.96. The van der Waals surface area contributed by atoms with Crippen LogP contribution in [0, 0.1) is 0 Å². The van der Waals surface area contributed by atoms with Gasteiger partial charge in [-0.05, 0) is 30.7 Å². The molecule has 0 radical (unpaired) electrons. The van der Waals surface area contributed by atoms with E-state index in [9.17, 15) is 9.59 Å². The average molecular weight is 298 g/mol. The van der Waals surface area contributed by atoms with Crippen molar-refractivity contribution >= 4 is 33.9 Å². The van der Waals surface area contributed by atoms with Crippen LogP contribution >= 0.6 is 15.9 Å². The van der Waals surface area contributed by atoms with Gasteiger partial charge < -0.3 is 10.4 Å². The largest absolute Gasteiger partial charge is 0.480 e. The summed E-state index contributed by atoms with van der Waals surface area (Å²) >= 11 is 3.32. The average Bonchev–Trinajstić information content (AvgIpc) is 2.26. The van der Waals surface area contributed by atoms with Gasteiger partial charge in [-0.15, -0.1) is 0 Å². The van der Waals surface area contributed by atoms with Gasteiger partial charge in [0, 0.05) is 10.5 Å². The van der Waals surface area contributed by atoms with E-state index in [1.807, 2.05) is 24.3 Å². The molecule has 90 valence electrons. The summed E-state index contributed by atoms with van der Waals surface area (Å²) in [5.41, 5.74) is 0.859. The summed E-state index contributed by atoms with van der Waals surface area (Å²) in [7, 11) is 0. The Hall–Kier alpha value is -1.62. The SMILES string of the molecule is C[C@@H](NC(=O)C=Cc1cccc(Br)c1)C(=O)O. The van der Waals surface area contributed by atoms with Gasteiger partial charge >= 0.3 is 5.97 Å². The molecular formula is C12H12BrNO3. The minimum atomic E-state index is -1.06. The Kier molecular flexibility index (Phi) is 4.90. The first-order valence-corrected chi connectivity index (χ1v) is 5.75. The molecule has 0 aliphatic carbocycles. The van der Waals surface area contributed by atoms with Crippen LogP contribution in [0.15, 0.2) is 34.8 Å². The van der Waals surface area contributed by atoms with Gasteiger partial charge in [0.1, 0.15) is 6.04 Å². The predicted molar refractivity (Wildman–Crippen MR) is 68.4 cm³/mol. The Bertz CT molecular complexity index is 457. The fraction of sp³-hybridized carbons (Fsp3) is 0.167. The van der Waals surface area contributed by atoms with Gasteiger partial charge in [0.15, 0.2) is 0 Å². The molecule has 1 amide bonds. The lowest BCUT2D eigenvalue weighted by Gasteiger charge is -2.05. The Morgan fingerprint density at radius 1 is 1.47 bits per heavy atom. The van der Waals surface area contributed by atoms with E-state index < -0.39 is 17.9 Å². The maximum atomic E-state index is 11.3. The summed E-state index contributed by atoms with van der Waals surface area (Å²) in [6.07, 6.45) is 2.93. The van der Waals surface area contributed by atoms with Gasteiger partial charge in [-0.1, -0.05) is 28.1 Å². The number of carbonyl (C=O) groups excluding carboxylic acids is 1. The van der Waals surface area contributed by atoms with Crippen molar-refractivity contribution in [1.29, 1.82) is 0 Å². The van der Waals surface area contributed by atoms with Crippen LogP contribution in [0.2, 0.25) is 0 Å². The van der Waals surface area contributed by atoms with Crippen LogP contribution in [0.5, 0.6) is 0 Å². The molecule has 0 fully saturated rings. The van der Waals surface area contributed by atoms with E-state index in [1.54, 1.807) is 6.08 Å². The van der Waals surface area contributed by atoms with Gasteiger partial charge in [0.2, 0.25) is 5.91 Å². The minimum absolute atomic E-state index is 0.431. The molecule has 2 N–H and O–H groups in total. The number of carboxylic acids is 1. The zero-order valence-corrected chi connectivity index (χ0v) is 10.8. The molecule has 0 unspecified atom stereocenters. The Labute approximate surface area is 107 Å². The Morgan fingerprint density at radius 2 is 2.18 bits per heavy atom. The van der Waals surface area contributed by atoms with Crippen LogP contribution < -0.4 is 5.32 Å². The highest BCUT2D eigenvalue weighted by atomic mass is 79.9. The highest BCUT2D eigenvalue weighted by Gasteiger charge is 2.11. The zero-order valence-electron chi connectivity index (χ0n) is 9.18. The minimum Gasteiger partial charge on any atom is -0.480 e. The molecule has 0 aliphatic rings. The highest BCUT2D eigenvalue weighted by Crippen LogP contribution is 2.12. The fourth-order valence-corrected chi connectivity index (χ4v) is 1.52. The van der Waals surface area contributed by atoms with E-state index in [2.05, 4.69) is 21.2 Å². The van der Waals surface area contributed by atoms with Crippen LogP contribution in [0.25, 0.3) is 6.08 Å². The summed E-state index contributed by atoms with van der Waals surface area (Å²) in [5.74, 6) is -1.49. The standard InChI is InChI=1S/C12H12BrNO3/c1-8(12(16)17)14-11(15)6-5-9-3-2-4-10(13)7-9/h2-8H,1H3,(H,14,15)(H,16,17)/t8-/m1/s1. The van der Waals surface area contributed by atoms with E-state index in [0.717, 1.165) is 10.0 Å². The van der Waals surface area contributed by atoms with E-state index in [0.29, 0.717) is 0 Å². The zero-order chi connectivity index (χ0) is 12.8. The molecule has 5 heteroatoms. The van der Waals surface area contributed by atoms with Crippen molar-refractivity contribution in [3.05, 3.63) is 40.4 Å². The lowest BCUT2D eigenvalue weighted by atomic mass is 10.2. The maximum Gasteiger partial charge on any atom is 0.325 e. The number of amides is 1. The summed E-state index contributed by atoms with van der Waals surface area (Å²) in [5, 5.41) is 10.9. The number of hydrogen-bond acceptors (Lipinski definition) is 2. The third kappa shape index (κ3) is 4.82. The first-order chi connectivity index (χ1) is 7.99. The predicted octanol–water partition coefficient (Wildman–Crippen LogP) is 2.05. The van der Waals surface area contributed by atoms with Crippen molar-refractivity contribution in [3.63, 3.8) is 0 Å². The van der Waals surface area contributed by atoms with Crippen molar-refractivity contribution in [2.75, 3.05) is 0 Å². The van der Waals surface area contributed by atoms with Crippen LogP contribution in [0.1, 0.15) is 12.5 Å². The molecule has 1 aromatic rings. The van der Waals surface area contributed by atoms with E-state index in [1.165, 1.54) is 13.0 Å². The third-order valence-corrected chi connectivity index (χ3v) is 2.50. The quantitative estimate of drug-likeness (QED) is 0.836. The number of hydrogen-bond donors (Lipinski definition) is 2. The molecule has 0 bridgehead atoms. The molecule has 17 heavy (non-hydrogen) atoms. The molecule has 0 spiro atoms. The smallest absolute Gasteiger partial charge is 0.325 e. The first kappa shape index (κ1) is 13.4. The van der Waals surface area contributed by atoms with E-state index >= 15 is 0 Å². The van der Waals surface area contributed by atoms with Crippen LogP contribution in [-0.4, -0.2) is 23.0 Å². The van der Waals surface area contributed by atoms with Crippen molar-refractivity contribution in [2.45, 2.75) is 13.0 Å². The molecule has 0 saturated heterocycles. The summed E-state index contributed by atoms with van der Waals surface area (Å²) in [6, 6.07) is 6.53. The summed E-state index contributed by atoms with van der Waals surface area (Å²) < 4.78 is 0.916. The normalized spacial score (nSPS) is 12.4. The number of nitrogens with one attached hydrogen (secondary N) is 1. The summed E-state index contributed by atoms with van der Waals surface area (Å²) in [6.45, 7) is 1.41. The molecule has 1 aromatic carbocycles. The van der Waals surface area contributed by atoms with E-state index in [4.69, 9.17) is 5.11 Å². The molecule has 0 aromatic heterocycles. The van der Waals surface area contributed by atoms with Crippen molar-refractivity contribution in [3.8, 4) is 0 Å². The second kappa shape index (κ2) is 6.20. The van der Waals surface area contributed by atoms with Gasteiger partial charge in [0.05, 0.1) is 0 Å². The van der Waals surface area contributed by atoms with Gasteiger partial charge in [-0.25, -0.2) is 0 Å². The number of carbonyl (C=O) groups is 2. The number of benzene rings is 1. The lowest BCUT2D eigenvalue weighted by Crippen LogP contribution is -2.37. The van der Waals surface area contributed by atoms with Crippen LogP contribution in [0.4, 0.5) is 0 Å². The third-order valence-electron chi connectivity index (χ3n) is 2.01. The molecule has 0 heterocycles. The lowest BCUT2D eigenvalue weighted by molar-refractivity contribution is -0.140. The number of aliphatic carboxylic acids is 1. The number of halogens is 1. The maximum absolute atomic E-state index is 11.3. The Morgan fingerprint density at radius 3 is 2.76 bits per heavy atom. The second-order valence-corrected chi connectivity index (χ2v) is 4.37. The molecule has 0 saturated carbocycles. The number of carboxylic acid groups (broad SMARTS) is 1. The molecule has 0 aliphatic heterocycles. The topological polar surface area (TPSA) is 66.4 Å². The van der Waals surface area contributed by atoms with E-state index in [-0.39, 0.29) is 0 Å². The van der Waals surface area contributed by atoms with Crippen molar-refractivity contribution in [2.24, 2.45) is 0 Å². The molecule has 1 rings (SSSR count). The number of rotatable bonds is 4. The highest BCUT2D eigenvalue weighted by molar-refractivity contribution is 9.10. The van der Waals surface area contributed by atoms with Crippen molar-refractivity contribution < 1.29 is 14.7 Å². The monoisotopic (exact) mass is 297 g/mol. The van der Waals surface area contributed by atoms with Gasteiger partial charge in [-0.2, -0.15) is 0 Å². The molecular weight excluding hydrogens is 286 g/mol.